The Morgan fingerprint density at radius 3 is 2.65 bits per heavy atom. The Labute approximate surface area is 197 Å². The predicted octanol–water partition coefficient (Wildman–Crippen LogP) is 3.80. The van der Waals surface area contributed by atoms with Crippen molar-refractivity contribution in [2.45, 2.75) is 40.3 Å². The van der Waals surface area contributed by atoms with Gasteiger partial charge in [0.15, 0.2) is 5.76 Å². The maximum atomic E-state index is 12.8. The van der Waals surface area contributed by atoms with Crippen molar-refractivity contribution in [3.05, 3.63) is 62.2 Å². The van der Waals surface area contributed by atoms with E-state index < -0.39 is 28.9 Å². The normalized spacial score (nSPS) is 10.9. The lowest BCUT2D eigenvalue weighted by Crippen LogP contribution is -2.16. The number of anilines is 1. The van der Waals surface area contributed by atoms with Gasteiger partial charge >= 0.3 is 17.6 Å². The number of carbonyl (C=O) groups is 3. The van der Waals surface area contributed by atoms with E-state index in [1.807, 2.05) is 0 Å². The topological polar surface area (TPSA) is 156 Å². The molecule has 1 N–H and O–H groups in total. The number of hydrogen-bond acceptors (Lipinski definition) is 10. The molecule has 34 heavy (non-hydrogen) atoms. The Kier molecular flexibility index (Phi) is 7.46. The molecule has 0 atom stereocenters. The van der Waals surface area contributed by atoms with E-state index >= 15 is 0 Å². The molecule has 0 fully saturated rings. The lowest BCUT2D eigenvalue weighted by atomic mass is 10.1. The fourth-order valence-corrected chi connectivity index (χ4v) is 4.04. The number of thiophene rings is 1. The van der Waals surface area contributed by atoms with E-state index in [1.54, 1.807) is 27.7 Å². The molecule has 13 heteroatoms. The summed E-state index contributed by atoms with van der Waals surface area (Å²) in [7, 11) is 0. The highest BCUT2D eigenvalue weighted by Gasteiger charge is 2.28. The molecule has 0 aliphatic heterocycles. The number of aromatic nitrogens is 2. The van der Waals surface area contributed by atoms with Gasteiger partial charge in [0, 0.05) is 0 Å². The average Bonchev–Trinajstić information content (AvgIpc) is 3.47. The second kappa shape index (κ2) is 10.3. The van der Waals surface area contributed by atoms with Gasteiger partial charge in [0.05, 0.1) is 29.7 Å². The Morgan fingerprint density at radius 1 is 1.29 bits per heavy atom. The number of nitrogens with zero attached hydrogens (tertiary/aromatic N) is 3. The first-order valence-electron chi connectivity index (χ1n) is 10.2. The molecule has 0 aromatic carbocycles. The molecule has 0 saturated carbocycles. The van der Waals surface area contributed by atoms with Crippen LogP contribution in [0.15, 0.2) is 28.9 Å². The Hall–Kier alpha value is -4.00. The quantitative estimate of drug-likeness (QED) is 0.268. The van der Waals surface area contributed by atoms with Crippen molar-refractivity contribution in [1.82, 2.24) is 9.78 Å². The highest BCUT2D eigenvalue weighted by atomic mass is 32.1. The minimum atomic E-state index is -0.685. The molecule has 0 spiro atoms. The van der Waals surface area contributed by atoms with Crippen LogP contribution in [-0.4, -0.2) is 45.3 Å². The van der Waals surface area contributed by atoms with E-state index in [0.717, 1.165) is 17.5 Å². The molecule has 3 rings (SSSR count). The molecule has 0 saturated heterocycles. The van der Waals surface area contributed by atoms with Crippen molar-refractivity contribution < 1.29 is 33.2 Å². The summed E-state index contributed by atoms with van der Waals surface area (Å²) in [4.78, 5) is 48.2. The van der Waals surface area contributed by atoms with Gasteiger partial charge in [0.25, 0.3) is 5.91 Å². The van der Waals surface area contributed by atoms with Crippen molar-refractivity contribution in [2.75, 3.05) is 11.9 Å². The maximum absolute atomic E-state index is 12.8. The zero-order chi connectivity index (χ0) is 25.0. The summed E-state index contributed by atoms with van der Waals surface area (Å²) >= 11 is 0.901. The fourth-order valence-electron chi connectivity index (χ4n) is 2.95. The monoisotopic (exact) mass is 490 g/mol. The minimum absolute atomic E-state index is 0.0609. The van der Waals surface area contributed by atoms with Crippen molar-refractivity contribution in [3.63, 3.8) is 0 Å². The number of nitrogens with one attached hydrogen (secondary N) is 1. The number of amides is 1. The van der Waals surface area contributed by atoms with Crippen LogP contribution >= 0.6 is 11.3 Å². The number of ether oxygens (including phenoxy) is 2. The van der Waals surface area contributed by atoms with Crippen LogP contribution in [0.5, 0.6) is 0 Å². The molecule has 0 unspecified atom stereocenters. The van der Waals surface area contributed by atoms with Gasteiger partial charge in [-0.2, -0.15) is 5.10 Å². The maximum Gasteiger partial charge on any atom is 0.348 e. The predicted molar refractivity (Wildman–Crippen MR) is 120 cm³/mol. The summed E-state index contributed by atoms with van der Waals surface area (Å²) in [5, 5.41) is 17.4. The zero-order valence-electron chi connectivity index (χ0n) is 18.8. The third kappa shape index (κ3) is 5.49. The van der Waals surface area contributed by atoms with E-state index in [4.69, 9.17) is 13.9 Å². The molecule has 0 radical (unpaired) electrons. The van der Waals surface area contributed by atoms with Crippen LogP contribution in [0, 0.1) is 17.0 Å². The molecule has 3 aromatic heterocycles. The minimum Gasteiger partial charge on any atom is -0.462 e. The first kappa shape index (κ1) is 24.6. The summed E-state index contributed by atoms with van der Waals surface area (Å²) in [5.41, 5.74) is 0.228. The molecule has 12 nitrogen and oxygen atoms in total. The number of nitro groups is 1. The number of hydrogen-bond donors (Lipinski definition) is 1. The summed E-state index contributed by atoms with van der Waals surface area (Å²) < 4.78 is 17.1. The van der Waals surface area contributed by atoms with Gasteiger partial charge in [-0.05, 0) is 45.4 Å². The number of esters is 2. The van der Waals surface area contributed by atoms with Gasteiger partial charge in [0.2, 0.25) is 0 Å². The fraction of sp³-hybridized carbons (Fsp3) is 0.333. The smallest absolute Gasteiger partial charge is 0.348 e. The molecular formula is C21H22N4O8S. The third-order valence-electron chi connectivity index (χ3n) is 4.42. The van der Waals surface area contributed by atoms with E-state index in [-0.39, 0.29) is 40.0 Å². The highest BCUT2D eigenvalue weighted by Crippen LogP contribution is 2.35. The van der Waals surface area contributed by atoms with E-state index in [9.17, 15) is 24.5 Å². The molecule has 3 aromatic rings. The Balaban J connectivity index is 1.83. The van der Waals surface area contributed by atoms with Crippen LogP contribution < -0.4 is 5.32 Å². The molecule has 0 aliphatic rings. The summed E-state index contributed by atoms with van der Waals surface area (Å²) in [5.74, 6) is -1.69. The van der Waals surface area contributed by atoms with Crippen LogP contribution in [0.2, 0.25) is 0 Å². The van der Waals surface area contributed by atoms with Crippen molar-refractivity contribution in [2.24, 2.45) is 0 Å². The third-order valence-corrected chi connectivity index (χ3v) is 5.60. The van der Waals surface area contributed by atoms with Gasteiger partial charge in [0.1, 0.15) is 28.0 Å². The lowest BCUT2D eigenvalue weighted by Gasteiger charge is -2.10. The van der Waals surface area contributed by atoms with E-state index in [2.05, 4.69) is 10.4 Å². The second-order valence-electron chi connectivity index (χ2n) is 7.31. The summed E-state index contributed by atoms with van der Waals surface area (Å²) in [6.45, 7) is 6.82. The highest BCUT2D eigenvalue weighted by molar-refractivity contribution is 7.18. The van der Waals surface area contributed by atoms with Crippen LogP contribution in [-0.2, 0) is 16.0 Å². The lowest BCUT2D eigenvalue weighted by molar-refractivity contribution is -0.385. The molecule has 3 heterocycles. The van der Waals surface area contributed by atoms with E-state index in [0.29, 0.717) is 11.3 Å². The Morgan fingerprint density at radius 2 is 2.03 bits per heavy atom. The molecule has 0 aliphatic carbocycles. The average molecular weight is 490 g/mol. The molecule has 180 valence electrons. The van der Waals surface area contributed by atoms with Crippen LogP contribution in [0.1, 0.15) is 62.7 Å². The first-order chi connectivity index (χ1) is 16.1. The van der Waals surface area contributed by atoms with Gasteiger partial charge < -0.3 is 19.2 Å². The van der Waals surface area contributed by atoms with Crippen molar-refractivity contribution in [1.29, 1.82) is 0 Å². The summed E-state index contributed by atoms with van der Waals surface area (Å²) in [6.07, 6.45) is 1.93. The number of carbonyl (C=O) groups excluding carboxylic acids is 3. The van der Waals surface area contributed by atoms with Gasteiger partial charge in [-0.1, -0.05) is 0 Å². The largest absolute Gasteiger partial charge is 0.462 e. The van der Waals surface area contributed by atoms with Crippen molar-refractivity contribution in [3.8, 4) is 0 Å². The van der Waals surface area contributed by atoms with Crippen LogP contribution in [0.3, 0.4) is 0 Å². The number of rotatable bonds is 9. The SMILES string of the molecule is CCOC(=O)c1sc(NC(=O)c2ccc(Cn3cc([N+](=O)[O-])cn3)o2)c(C(=O)OC(C)C)c1C. The molecule has 0 bridgehead atoms. The summed E-state index contributed by atoms with van der Waals surface area (Å²) in [6, 6.07) is 2.95. The van der Waals surface area contributed by atoms with Gasteiger partial charge in [-0.3, -0.25) is 19.6 Å². The van der Waals surface area contributed by atoms with Gasteiger partial charge in [-0.15, -0.1) is 11.3 Å². The van der Waals surface area contributed by atoms with E-state index in [1.165, 1.54) is 23.0 Å². The number of furan rings is 1. The van der Waals surface area contributed by atoms with Gasteiger partial charge in [-0.25, -0.2) is 9.59 Å². The molecule has 1 amide bonds. The second-order valence-corrected chi connectivity index (χ2v) is 8.33. The zero-order valence-corrected chi connectivity index (χ0v) is 19.6. The van der Waals surface area contributed by atoms with Crippen LogP contribution in [0.4, 0.5) is 10.7 Å². The standard InChI is InChI=1S/C21H22N4O8S/c1-5-31-21(28)17-12(4)16(20(27)32-11(2)3)19(34-17)23-18(26)15-7-6-14(33-15)10-24-9-13(8-22-24)25(29)30/h6-9,11H,5,10H2,1-4H3,(H,23,26). The van der Waals surface area contributed by atoms with Crippen LogP contribution in [0.25, 0.3) is 0 Å². The van der Waals surface area contributed by atoms with Crippen molar-refractivity contribution >= 4 is 39.9 Å². The Bertz CT molecular complexity index is 1240. The molecular weight excluding hydrogens is 468 g/mol. The first-order valence-corrected chi connectivity index (χ1v) is 11.0.